The number of nitrogens with zero attached hydrogens (tertiary/aromatic N) is 2. The highest BCUT2D eigenvalue weighted by molar-refractivity contribution is 6.22. The van der Waals surface area contributed by atoms with Crippen LogP contribution < -0.4 is 5.73 Å². The van der Waals surface area contributed by atoms with Crippen LogP contribution in [0.1, 0.15) is 20.7 Å². The molecule has 6 nitrogen and oxygen atoms in total. The van der Waals surface area contributed by atoms with Crippen LogP contribution in [0.15, 0.2) is 18.5 Å². The Labute approximate surface area is 84.7 Å². The number of hydrogen-bond acceptors (Lipinski definition) is 4. The number of amides is 3. The molecule has 3 amide bonds. The number of carbonyl (C=O) groups excluding carboxylic acids is 3. The summed E-state index contributed by atoms with van der Waals surface area (Å²) in [4.78, 5) is 38.4. The standard InChI is InChI=1S/C9H7N3O3/c10-7(13)4-12-8(14)5-1-2-11-3-6(5)9(12)15/h1-3H,4H2,(H2,10,13). The lowest BCUT2D eigenvalue weighted by Gasteiger charge is -2.09. The molecule has 15 heavy (non-hydrogen) atoms. The highest BCUT2D eigenvalue weighted by Crippen LogP contribution is 2.20. The summed E-state index contributed by atoms with van der Waals surface area (Å²) in [7, 11) is 0. The third-order valence-corrected chi connectivity index (χ3v) is 2.09. The van der Waals surface area contributed by atoms with E-state index in [1.54, 1.807) is 0 Å². The number of imide groups is 1. The molecule has 2 heterocycles. The van der Waals surface area contributed by atoms with E-state index in [0.717, 1.165) is 4.90 Å². The van der Waals surface area contributed by atoms with E-state index in [1.165, 1.54) is 18.5 Å². The van der Waals surface area contributed by atoms with Crippen molar-refractivity contribution < 1.29 is 14.4 Å². The van der Waals surface area contributed by atoms with Gasteiger partial charge in [0.2, 0.25) is 5.91 Å². The molecule has 0 aromatic carbocycles. The summed E-state index contributed by atoms with van der Waals surface area (Å²) in [5.74, 6) is -1.75. The molecule has 0 saturated carbocycles. The summed E-state index contributed by atoms with van der Waals surface area (Å²) in [6, 6.07) is 1.44. The lowest BCUT2D eigenvalue weighted by atomic mass is 10.2. The predicted octanol–water partition coefficient (Wildman–Crippen LogP) is -0.837. The predicted molar refractivity (Wildman–Crippen MR) is 48.8 cm³/mol. The number of rotatable bonds is 2. The number of hydrogen-bond donors (Lipinski definition) is 1. The number of carbonyl (C=O) groups is 3. The van der Waals surface area contributed by atoms with Crippen molar-refractivity contribution in [3.05, 3.63) is 29.6 Å². The molecule has 0 aliphatic carbocycles. The van der Waals surface area contributed by atoms with Crippen LogP contribution in [0.3, 0.4) is 0 Å². The van der Waals surface area contributed by atoms with Gasteiger partial charge in [-0.2, -0.15) is 0 Å². The first-order valence-electron chi connectivity index (χ1n) is 4.20. The second kappa shape index (κ2) is 3.16. The summed E-state index contributed by atoms with van der Waals surface area (Å²) in [6.45, 7) is -0.396. The Morgan fingerprint density at radius 3 is 2.60 bits per heavy atom. The first-order chi connectivity index (χ1) is 7.11. The van der Waals surface area contributed by atoms with E-state index in [2.05, 4.69) is 4.98 Å². The van der Waals surface area contributed by atoms with Gasteiger partial charge in [0.15, 0.2) is 0 Å². The summed E-state index contributed by atoms with van der Waals surface area (Å²) >= 11 is 0. The highest BCUT2D eigenvalue weighted by Gasteiger charge is 2.36. The van der Waals surface area contributed by atoms with Crippen LogP contribution in [-0.4, -0.2) is 34.2 Å². The lowest BCUT2D eigenvalue weighted by molar-refractivity contribution is -0.118. The first-order valence-corrected chi connectivity index (χ1v) is 4.20. The Morgan fingerprint density at radius 1 is 1.33 bits per heavy atom. The molecule has 0 atom stereocenters. The van der Waals surface area contributed by atoms with Crippen LogP contribution in [0.4, 0.5) is 0 Å². The van der Waals surface area contributed by atoms with Crippen molar-refractivity contribution in [2.75, 3.05) is 6.54 Å². The third-order valence-electron chi connectivity index (χ3n) is 2.09. The van der Waals surface area contributed by atoms with E-state index in [4.69, 9.17) is 5.73 Å². The molecule has 0 saturated heterocycles. The van der Waals surface area contributed by atoms with Gasteiger partial charge in [-0.25, -0.2) is 0 Å². The summed E-state index contributed by atoms with van der Waals surface area (Å²) in [5, 5.41) is 0. The molecule has 1 aromatic rings. The highest BCUT2D eigenvalue weighted by atomic mass is 16.2. The van der Waals surface area contributed by atoms with E-state index >= 15 is 0 Å². The quantitative estimate of drug-likeness (QED) is 0.637. The molecule has 1 aromatic heterocycles. The summed E-state index contributed by atoms with van der Waals surface area (Å²) in [6.07, 6.45) is 2.72. The smallest absolute Gasteiger partial charge is 0.263 e. The summed E-state index contributed by atoms with van der Waals surface area (Å²) in [5.41, 5.74) is 5.40. The minimum absolute atomic E-state index is 0.212. The van der Waals surface area contributed by atoms with Crippen LogP contribution >= 0.6 is 0 Å². The van der Waals surface area contributed by atoms with Gasteiger partial charge in [0, 0.05) is 12.4 Å². The van der Waals surface area contributed by atoms with Crippen molar-refractivity contribution in [1.82, 2.24) is 9.88 Å². The van der Waals surface area contributed by atoms with Crippen LogP contribution in [0.25, 0.3) is 0 Å². The molecule has 76 valence electrons. The van der Waals surface area contributed by atoms with Crippen molar-refractivity contribution >= 4 is 17.7 Å². The van der Waals surface area contributed by atoms with E-state index in [9.17, 15) is 14.4 Å². The van der Waals surface area contributed by atoms with Crippen LogP contribution in [0.5, 0.6) is 0 Å². The largest absolute Gasteiger partial charge is 0.368 e. The molecule has 0 fully saturated rings. The zero-order valence-corrected chi connectivity index (χ0v) is 7.64. The average molecular weight is 205 g/mol. The molecular weight excluding hydrogens is 198 g/mol. The number of fused-ring (bicyclic) bond motifs is 1. The molecule has 0 radical (unpaired) electrons. The molecule has 1 aliphatic heterocycles. The fourth-order valence-electron chi connectivity index (χ4n) is 1.43. The number of primary amides is 1. The van der Waals surface area contributed by atoms with Crippen LogP contribution in [0.2, 0.25) is 0 Å². The molecule has 0 bridgehead atoms. The van der Waals surface area contributed by atoms with Crippen molar-refractivity contribution in [2.24, 2.45) is 5.73 Å². The zero-order chi connectivity index (χ0) is 11.0. The third kappa shape index (κ3) is 1.35. The SMILES string of the molecule is NC(=O)CN1C(=O)c2ccncc2C1=O. The van der Waals surface area contributed by atoms with Gasteiger partial charge in [-0.05, 0) is 6.07 Å². The Kier molecular flexibility index (Phi) is 1.96. The van der Waals surface area contributed by atoms with Crippen LogP contribution in [0, 0.1) is 0 Å². The fraction of sp³-hybridized carbons (Fsp3) is 0.111. The maximum absolute atomic E-state index is 11.6. The second-order valence-corrected chi connectivity index (χ2v) is 3.08. The number of aromatic nitrogens is 1. The van der Waals surface area contributed by atoms with Gasteiger partial charge in [0.05, 0.1) is 11.1 Å². The molecule has 0 spiro atoms. The maximum atomic E-state index is 11.6. The van der Waals surface area contributed by atoms with E-state index in [1.807, 2.05) is 0 Å². The summed E-state index contributed by atoms with van der Waals surface area (Å²) < 4.78 is 0. The van der Waals surface area contributed by atoms with Gasteiger partial charge in [-0.1, -0.05) is 0 Å². The molecule has 0 unspecified atom stereocenters. The van der Waals surface area contributed by atoms with Gasteiger partial charge >= 0.3 is 0 Å². The molecule has 6 heteroatoms. The van der Waals surface area contributed by atoms with Crippen LogP contribution in [-0.2, 0) is 4.79 Å². The number of pyridine rings is 1. The average Bonchev–Trinajstić information content (AvgIpc) is 2.44. The zero-order valence-electron chi connectivity index (χ0n) is 7.64. The van der Waals surface area contributed by atoms with E-state index in [-0.39, 0.29) is 11.1 Å². The Hall–Kier alpha value is -2.24. The molecule has 2 rings (SSSR count). The van der Waals surface area contributed by atoms with Crippen molar-refractivity contribution in [2.45, 2.75) is 0 Å². The second-order valence-electron chi connectivity index (χ2n) is 3.08. The molecular formula is C9H7N3O3. The molecule has 2 N–H and O–H groups in total. The van der Waals surface area contributed by atoms with Gasteiger partial charge < -0.3 is 5.73 Å². The lowest BCUT2D eigenvalue weighted by Crippen LogP contribution is -2.37. The van der Waals surface area contributed by atoms with Crippen molar-refractivity contribution in [3.8, 4) is 0 Å². The van der Waals surface area contributed by atoms with Gasteiger partial charge in [0.1, 0.15) is 6.54 Å². The van der Waals surface area contributed by atoms with Gasteiger partial charge in [-0.15, -0.1) is 0 Å². The maximum Gasteiger partial charge on any atom is 0.263 e. The monoisotopic (exact) mass is 205 g/mol. The minimum Gasteiger partial charge on any atom is -0.368 e. The topological polar surface area (TPSA) is 93.4 Å². The van der Waals surface area contributed by atoms with Gasteiger partial charge in [0.25, 0.3) is 11.8 Å². The normalized spacial score (nSPS) is 14.3. The Bertz CT molecular complexity index is 434. The molecule has 1 aliphatic rings. The van der Waals surface area contributed by atoms with E-state index in [0.29, 0.717) is 0 Å². The van der Waals surface area contributed by atoms with Crippen molar-refractivity contribution in [3.63, 3.8) is 0 Å². The fourth-order valence-corrected chi connectivity index (χ4v) is 1.43. The van der Waals surface area contributed by atoms with Gasteiger partial charge in [-0.3, -0.25) is 24.3 Å². The Balaban J connectivity index is 2.41. The first kappa shape index (κ1) is 9.32. The number of nitrogens with two attached hydrogens (primary N) is 1. The minimum atomic E-state index is -0.725. The van der Waals surface area contributed by atoms with Crippen molar-refractivity contribution in [1.29, 1.82) is 0 Å². The van der Waals surface area contributed by atoms with E-state index < -0.39 is 24.3 Å². The Morgan fingerprint density at radius 2 is 2.00 bits per heavy atom.